The van der Waals surface area contributed by atoms with E-state index in [1.54, 1.807) is 0 Å². The van der Waals surface area contributed by atoms with Crippen LogP contribution in [-0.4, -0.2) is 38.4 Å². The fraction of sp³-hybridized carbons (Fsp3) is 0.900. The summed E-state index contributed by atoms with van der Waals surface area (Å²) in [4.78, 5) is 11.9. The molecule has 0 spiro atoms. The Labute approximate surface area is 84.0 Å². The van der Waals surface area contributed by atoms with Crippen molar-refractivity contribution < 1.29 is 14.3 Å². The molecule has 0 unspecified atom stereocenters. The zero-order valence-corrected chi connectivity index (χ0v) is 8.54. The van der Waals surface area contributed by atoms with Gasteiger partial charge >= 0.3 is 5.97 Å². The van der Waals surface area contributed by atoms with Crippen LogP contribution in [0.2, 0.25) is 0 Å². The van der Waals surface area contributed by atoms with E-state index in [0.717, 1.165) is 19.4 Å². The lowest BCUT2D eigenvalue weighted by atomic mass is 9.77. The Kier molecular flexibility index (Phi) is 2.74. The van der Waals surface area contributed by atoms with Gasteiger partial charge in [0.05, 0.1) is 12.7 Å². The maximum Gasteiger partial charge on any atom is 0.316 e. The van der Waals surface area contributed by atoms with Gasteiger partial charge in [-0.25, -0.2) is 0 Å². The Hall–Kier alpha value is -0.610. The van der Waals surface area contributed by atoms with Crippen LogP contribution in [0.25, 0.3) is 0 Å². The van der Waals surface area contributed by atoms with Crippen LogP contribution in [-0.2, 0) is 14.3 Å². The molecule has 2 aliphatic rings. The number of nitrogens with one attached hydrogen (secondary N) is 1. The third-order valence-electron chi connectivity index (χ3n) is 3.19. The Bertz CT molecular complexity index is 231. The van der Waals surface area contributed by atoms with Crippen molar-refractivity contribution in [2.75, 3.05) is 26.3 Å². The standard InChI is InChI=1S/C10H17NO3/c1-2-13-9(12)10-4-6-14-8(10)3-5-11-7-10/h8,11H,2-7H2,1H3/t8-,10+/m1/s1. The molecular formula is C10H17NO3. The lowest BCUT2D eigenvalue weighted by molar-refractivity contribution is -0.160. The summed E-state index contributed by atoms with van der Waals surface area (Å²) in [5.41, 5.74) is -0.395. The molecule has 4 heteroatoms. The smallest absolute Gasteiger partial charge is 0.316 e. The lowest BCUT2D eigenvalue weighted by Gasteiger charge is -2.35. The third kappa shape index (κ3) is 1.42. The third-order valence-corrected chi connectivity index (χ3v) is 3.19. The second-order valence-electron chi connectivity index (χ2n) is 3.95. The highest BCUT2D eigenvalue weighted by Gasteiger charge is 2.52. The van der Waals surface area contributed by atoms with Crippen molar-refractivity contribution in [2.45, 2.75) is 25.9 Å². The summed E-state index contributed by atoms with van der Waals surface area (Å²) in [6.45, 7) is 4.62. The molecule has 80 valence electrons. The molecule has 2 fully saturated rings. The fourth-order valence-electron chi connectivity index (χ4n) is 2.39. The van der Waals surface area contributed by atoms with Crippen molar-refractivity contribution >= 4 is 5.97 Å². The molecular weight excluding hydrogens is 182 g/mol. The average Bonchev–Trinajstić information content (AvgIpc) is 2.62. The largest absolute Gasteiger partial charge is 0.465 e. The van der Waals surface area contributed by atoms with Crippen molar-refractivity contribution in [1.29, 1.82) is 0 Å². The fourth-order valence-corrected chi connectivity index (χ4v) is 2.39. The van der Waals surface area contributed by atoms with E-state index in [9.17, 15) is 4.79 Å². The molecule has 2 saturated heterocycles. The van der Waals surface area contributed by atoms with Crippen LogP contribution in [0, 0.1) is 5.41 Å². The molecule has 2 atom stereocenters. The number of esters is 1. The minimum Gasteiger partial charge on any atom is -0.465 e. The molecule has 0 aliphatic carbocycles. The average molecular weight is 199 g/mol. The Morgan fingerprint density at radius 2 is 2.57 bits per heavy atom. The van der Waals surface area contributed by atoms with E-state index in [-0.39, 0.29) is 12.1 Å². The van der Waals surface area contributed by atoms with Crippen molar-refractivity contribution in [3.63, 3.8) is 0 Å². The Balaban J connectivity index is 2.13. The molecule has 0 aromatic rings. The lowest BCUT2D eigenvalue weighted by Crippen LogP contribution is -2.52. The molecule has 4 nitrogen and oxygen atoms in total. The molecule has 0 aromatic heterocycles. The van der Waals surface area contributed by atoms with E-state index in [2.05, 4.69) is 5.32 Å². The van der Waals surface area contributed by atoms with Gasteiger partial charge in [0, 0.05) is 13.2 Å². The summed E-state index contributed by atoms with van der Waals surface area (Å²) in [6, 6.07) is 0. The molecule has 1 N–H and O–H groups in total. The molecule has 14 heavy (non-hydrogen) atoms. The SMILES string of the molecule is CCOC(=O)[C@]12CCO[C@@H]1CCNC2. The topological polar surface area (TPSA) is 47.6 Å². The summed E-state index contributed by atoms with van der Waals surface area (Å²) in [5.74, 6) is -0.0882. The van der Waals surface area contributed by atoms with Gasteiger partial charge in [-0.2, -0.15) is 0 Å². The highest BCUT2D eigenvalue weighted by atomic mass is 16.5. The van der Waals surface area contributed by atoms with Gasteiger partial charge in [0.25, 0.3) is 0 Å². The molecule has 0 saturated carbocycles. The summed E-state index contributed by atoms with van der Waals surface area (Å²) >= 11 is 0. The monoisotopic (exact) mass is 199 g/mol. The number of carbonyl (C=O) groups is 1. The van der Waals surface area contributed by atoms with Gasteiger partial charge < -0.3 is 14.8 Å². The van der Waals surface area contributed by atoms with Gasteiger partial charge in [-0.1, -0.05) is 0 Å². The predicted molar refractivity (Wildman–Crippen MR) is 50.9 cm³/mol. The van der Waals surface area contributed by atoms with Gasteiger partial charge in [-0.05, 0) is 26.3 Å². The van der Waals surface area contributed by atoms with Crippen molar-refractivity contribution in [3.8, 4) is 0 Å². The Morgan fingerprint density at radius 1 is 1.71 bits per heavy atom. The first-order chi connectivity index (χ1) is 6.79. The number of piperidine rings is 1. The summed E-state index contributed by atoms with van der Waals surface area (Å²) < 4.78 is 10.7. The first-order valence-corrected chi connectivity index (χ1v) is 5.29. The second-order valence-corrected chi connectivity index (χ2v) is 3.95. The van der Waals surface area contributed by atoms with Crippen LogP contribution < -0.4 is 5.32 Å². The predicted octanol–water partition coefficient (Wildman–Crippen LogP) is 0.318. The highest BCUT2D eigenvalue weighted by Crippen LogP contribution is 2.39. The number of rotatable bonds is 2. The van der Waals surface area contributed by atoms with Crippen LogP contribution in [0.3, 0.4) is 0 Å². The van der Waals surface area contributed by atoms with Crippen molar-refractivity contribution in [3.05, 3.63) is 0 Å². The van der Waals surface area contributed by atoms with Gasteiger partial charge in [0.2, 0.25) is 0 Å². The normalized spacial score (nSPS) is 36.5. The van der Waals surface area contributed by atoms with Gasteiger partial charge in [0.15, 0.2) is 0 Å². The van der Waals surface area contributed by atoms with E-state index in [4.69, 9.17) is 9.47 Å². The maximum absolute atomic E-state index is 11.9. The maximum atomic E-state index is 11.9. The van der Waals surface area contributed by atoms with Crippen LogP contribution in [0.4, 0.5) is 0 Å². The summed E-state index contributed by atoms with van der Waals surface area (Å²) in [6.07, 6.45) is 1.78. The molecule has 2 heterocycles. The zero-order valence-electron chi connectivity index (χ0n) is 8.54. The van der Waals surface area contributed by atoms with Crippen molar-refractivity contribution in [2.24, 2.45) is 5.41 Å². The van der Waals surface area contributed by atoms with E-state index >= 15 is 0 Å². The number of fused-ring (bicyclic) bond motifs is 1. The quantitative estimate of drug-likeness (QED) is 0.651. The molecule has 0 amide bonds. The first kappa shape index (κ1) is 9.93. The van der Waals surface area contributed by atoms with Crippen LogP contribution in [0.1, 0.15) is 19.8 Å². The minimum absolute atomic E-state index is 0.0720. The molecule has 0 aromatic carbocycles. The zero-order chi connectivity index (χ0) is 10.0. The summed E-state index contributed by atoms with van der Waals surface area (Å²) in [7, 11) is 0. The van der Waals surface area contributed by atoms with E-state index < -0.39 is 5.41 Å². The minimum atomic E-state index is -0.395. The van der Waals surface area contributed by atoms with E-state index in [1.807, 2.05) is 6.92 Å². The van der Waals surface area contributed by atoms with E-state index in [0.29, 0.717) is 19.8 Å². The Morgan fingerprint density at radius 3 is 3.36 bits per heavy atom. The van der Waals surface area contributed by atoms with Crippen molar-refractivity contribution in [1.82, 2.24) is 5.32 Å². The number of hydrogen-bond donors (Lipinski definition) is 1. The molecule has 0 bridgehead atoms. The van der Waals surface area contributed by atoms with E-state index in [1.165, 1.54) is 0 Å². The van der Waals surface area contributed by atoms with Gasteiger partial charge in [0.1, 0.15) is 5.41 Å². The van der Waals surface area contributed by atoms with Crippen LogP contribution in [0.5, 0.6) is 0 Å². The number of carbonyl (C=O) groups excluding carboxylic acids is 1. The van der Waals surface area contributed by atoms with Gasteiger partial charge in [-0.3, -0.25) is 4.79 Å². The highest BCUT2D eigenvalue weighted by molar-refractivity contribution is 5.78. The first-order valence-electron chi connectivity index (χ1n) is 5.29. The van der Waals surface area contributed by atoms with Gasteiger partial charge in [-0.15, -0.1) is 0 Å². The number of ether oxygens (including phenoxy) is 2. The molecule has 2 rings (SSSR count). The summed E-state index contributed by atoms with van der Waals surface area (Å²) in [5, 5.41) is 3.26. The molecule has 0 radical (unpaired) electrons. The molecule has 2 aliphatic heterocycles. The van der Waals surface area contributed by atoms with Crippen LogP contribution >= 0.6 is 0 Å². The second kappa shape index (κ2) is 3.87. The van der Waals surface area contributed by atoms with Crippen LogP contribution in [0.15, 0.2) is 0 Å². The number of hydrogen-bond acceptors (Lipinski definition) is 4.